The van der Waals surface area contributed by atoms with Gasteiger partial charge in [0.1, 0.15) is 5.41 Å². The van der Waals surface area contributed by atoms with Crippen LogP contribution in [0.4, 0.5) is 0 Å². The first kappa shape index (κ1) is 12.0. The van der Waals surface area contributed by atoms with Gasteiger partial charge in [-0.15, -0.1) is 11.3 Å². The van der Waals surface area contributed by atoms with E-state index < -0.39 is 5.41 Å². The normalized spacial score (nSPS) is 17.0. The topological polar surface area (TPSA) is 43.4 Å². The number of esters is 1. The lowest BCUT2D eigenvalue weighted by Crippen LogP contribution is -2.34. The van der Waals surface area contributed by atoms with E-state index in [1.54, 1.807) is 13.0 Å². The molecule has 0 spiro atoms. The Kier molecular flexibility index (Phi) is 3.43. The number of allylic oxidation sites excluding steroid dienone is 2. The van der Waals surface area contributed by atoms with Crippen molar-refractivity contribution in [1.82, 2.24) is 0 Å². The summed E-state index contributed by atoms with van der Waals surface area (Å²) in [5, 5.41) is 0. The number of carbonyl (C=O) groups excluding carboxylic acids is 2. The van der Waals surface area contributed by atoms with Crippen molar-refractivity contribution in [2.24, 2.45) is 0 Å². The molecule has 1 aliphatic carbocycles. The lowest BCUT2D eigenvalue weighted by Gasteiger charge is -2.25. The molecule has 0 atom stereocenters. The molecular formula is C13H14O3S. The molecule has 4 heteroatoms. The minimum atomic E-state index is -0.595. The van der Waals surface area contributed by atoms with Crippen LogP contribution in [-0.2, 0) is 14.9 Å². The molecule has 0 unspecified atom stereocenters. The summed E-state index contributed by atoms with van der Waals surface area (Å²) in [6.07, 6.45) is 6.12. The average molecular weight is 250 g/mol. The van der Waals surface area contributed by atoms with Crippen LogP contribution in [0.15, 0.2) is 24.3 Å². The fourth-order valence-electron chi connectivity index (χ4n) is 2.06. The van der Waals surface area contributed by atoms with E-state index in [4.69, 9.17) is 4.74 Å². The fraction of sp³-hybridized carbons (Fsp3) is 0.385. The molecule has 1 aromatic rings. The van der Waals surface area contributed by atoms with Gasteiger partial charge in [-0.3, -0.25) is 9.59 Å². The zero-order valence-electron chi connectivity index (χ0n) is 9.64. The maximum Gasteiger partial charge on any atom is 0.318 e. The molecule has 0 amide bonds. The van der Waals surface area contributed by atoms with Gasteiger partial charge < -0.3 is 4.74 Å². The van der Waals surface area contributed by atoms with Crippen LogP contribution in [0, 0.1) is 0 Å². The van der Waals surface area contributed by atoms with E-state index in [2.05, 4.69) is 0 Å². The smallest absolute Gasteiger partial charge is 0.318 e. The van der Waals surface area contributed by atoms with E-state index in [9.17, 15) is 9.59 Å². The Labute approximate surface area is 104 Å². The Morgan fingerprint density at radius 2 is 2.18 bits per heavy atom. The number of aldehydes is 1. The Morgan fingerprint density at radius 3 is 2.71 bits per heavy atom. The van der Waals surface area contributed by atoms with Crippen LogP contribution in [0.5, 0.6) is 0 Å². The standard InChI is InChI=1S/C13H14O3S/c1-2-16-12(15)13(7-3-4-8-13)11-6-5-10(9-14)17-11/h3-6,9H,2,7-8H2,1H3. The van der Waals surface area contributed by atoms with Gasteiger partial charge in [-0.1, -0.05) is 12.2 Å². The Hall–Kier alpha value is -1.42. The number of hydrogen-bond donors (Lipinski definition) is 0. The summed E-state index contributed by atoms with van der Waals surface area (Å²) in [5.74, 6) is -0.190. The summed E-state index contributed by atoms with van der Waals surface area (Å²) in [7, 11) is 0. The maximum atomic E-state index is 12.1. The second-order valence-corrected chi connectivity index (χ2v) is 5.12. The highest BCUT2D eigenvalue weighted by atomic mass is 32.1. The number of thiophene rings is 1. The quantitative estimate of drug-likeness (QED) is 0.469. The van der Waals surface area contributed by atoms with Crippen molar-refractivity contribution in [3.8, 4) is 0 Å². The molecule has 0 bridgehead atoms. The van der Waals surface area contributed by atoms with Gasteiger partial charge in [0.05, 0.1) is 11.5 Å². The molecule has 1 aliphatic rings. The summed E-state index contributed by atoms with van der Waals surface area (Å²) < 4.78 is 5.17. The first-order valence-electron chi connectivity index (χ1n) is 5.60. The van der Waals surface area contributed by atoms with Crippen molar-refractivity contribution >= 4 is 23.6 Å². The lowest BCUT2D eigenvalue weighted by molar-refractivity contribution is -0.149. The van der Waals surface area contributed by atoms with Gasteiger partial charge in [-0.25, -0.2) is 0 Å². The van der Waals surface area contributed by atoms with Crippen molar-refractivity contribution in [3.63, 3.8) is 0 Å². The number of ether oxygens (including phenoxy) is 1. The molecule has 2 rings (SSSR count). The van der Waals surface area contributed by atoms with Crippen LogP contribution < -0.4 is 0 Å². The van der Waals surface area contributed by atoms with Crippen LogP contribution in [0.2, 0.25) is 0 Å². The predicted molar refractivity (Wildman–Crippen MR) is 66.4 cm³/mol. The molecule has 17 heavy (non-hydrogen) atoms. The summed E-state index contributed by atoms with van der Waals surface area (Å²) in [6.45, 7) is 2.19. The second kappa shape index (κ2) is 4.84. The van der Waals surface area contributed by atoms with Crippen LogP contribution in [0.3, 0.4) is 0 Å². The first-order chi connectivity index (χ1) is 8.23. The molecule has 3 nitrogen and oxygen atoms in total. The third kappa shape index (κ3) is 2.05. The third-order valence-corrected chi connectivity index (χ3v) is 4.19. The third-order valence-electron chi connectivity index (χ3n) is 2.98. The summed E-state index contributed by atoms with van der Waals surface area (Å²) in [6, 6.07) is 3.62. The summed E-state index contributed by atoms with van der Waals surface area (Å²) in [4.78, 5) is 24.4. The molecule has 0 fully saturated rings. The largest absolute Gasteiger partial charge is 0.465 e. The van der Waals surface area contributed by atoms with Gasteiger partial charge in [0.15, 0.2) is 6.29 Å². The van der Waals surface area contributed by atoms with E-state index in [-0.39, 0.29) is 5.97 Å². The van der Waals surface area contributed by atoms with Crippen LogP contribution in [0.1, 0.15) is 34.3 Å². The van der Waals surface area contributed by atoms with Gasteiger partial charge >= 0.3 is 5.97 Å². The van der Waals surface area contributed by atoms with Gasteiger partial charge in [0.25, 0.3) is 0 Å². The molecule has 1 heterocycles. The Morgan fingerprint density at radius 1 is 1.47 bits per heavy atom. The van der Waals surface area contributed by atoms with Gasteiger partial charge in [0.2, 0.25) is 0 Å². The molecule has 0 N–H and O–H groups in total. The van der Waals surface area contributed by atoms with E-state index >= 15 is 0 Å². The van der Waals surface area contributed by atoms with Gasteiger partial charge in [-0.05, 0) is 31.9 Å². The summed E-state index contributed by atoms with van der Waals surface area (Å²) >= 11 is 1.37. The minimum Gasteiger partial charge on any atom is -0.465 e. The van der Waals surface area contributed by atoms with Gasteiger partial charge in [0, 0.05) is 4.88 Å². The monoisotopic (exact) mass is 250 g/mol. The van der Waals surface area contributed by atoms with Crippen molar-refractivity contribution < 1.29 is 14.3 Å². The van der Waals surface area contributed by atoms with E-state index in [0.717, 1.165) is 11.2 Å². The molecule has 0 saturated carbocycles. The SMILES string of the molecule is CCOC(=O)C1(c2ccc(C=O)s2)CC=CC1. The van der Waals surface area contributed by atoms with E-state index in [0.29, 0.717) is 24.3 Å². The highest BCUT2D eigenvalue weighted by Crippen LogP contribution is 2.41. The van der Waals surface area contributed by atoms with Crippen LogP contribution >= 0.6 is 11.3 Å². The summed E-state index contributed by atoms with van der Waals surface area (Å²) in [5.41, 5.74) is -0.595. The second-order valence-electron chi connectivity index (χ2n) is 4.00. The lowest BCUT2D eigenvalue weighted by atomic mass is 9.84. The number of hydrogen-bond acceptors (Lipinski definition) is 4. The highest BCUT2D eigenvalue weighted by Gasteiger charge is 2.43. The molecule has 1 aromatic heterocycles. The van der Waals surface area contributed by atoms with Gasteiger partial charge in [-0.2, -0.15) is 0 Å². The first-order valence-corrected chi connectivity index (χ1v) is 6.42. The minimum absolute atomic E-state index is 0.190. The van der Waals surface area contributed by atoms with Crippen LogP contribution in [0.25, 0.3) is 0 Å². The maximum absolute atomic E-state index is 12.1. The van der Waals surface area contributed by atoms with Crippen molar-refractivity contribution in [2.75, 3.05) is 6.61 Å². The number of carbonyl (C=O) groups is 2. The molecule has 0 radical (unpaired) electrons. The Bertz CT molecular complexity index is 451. The fourth-order valence-corrected chi connectivity index (χ4v) is 3.08. The van der Waals surface area contributed by atoms with Crippen molar-refractivity contribution in [3.05, 3.63) is 34.0 Å². The molecular weight excluding hydrogens is 236 g/mol. The van der Waals surface area contributed by atoms with E-state index in [1.165, 1.54) is 11.3 Å². The van der Waals surface area contributed by atoms with Crippen molar-refractivity contribution in [2.45, 2.75) is 25.2 Å². The molecule has 90 valence electrons. The Balaban J connectivity index is 2.34. The predicted octanol–water partition coefficient (Wildman–Crippen LogP) is 2.71. The van der Waals surface area contributed by atoms with E-state index in [1.807, 2.05) is 18.2 Å². The zero-order valence-corrected chi connectivity index (χ0v) is 10.5. The average Bonchev–Trinajstić information content (AvgIpc) is 2.99. The zero-order chi connectivity index (χ0) is 12.3. The van der Waals surface area contributed by atoms with Crippen molar-refractivity contribution in [1.29, 1.82) is 0 Å². The molecule has 0 aliphatic heterocycles. The molecule has 0 saturated heterocycles. The highest BCUT2D eigenvalue weighted by molar-refractivity contribution is 7.13. The number of rotatable bonds is 4. The molecule has 0 aromatic carbocycles. The van der Waals surface area contributed by atoms with Crippen LogP contribution in [-0.4, -0.2) is 18.9 Å².